The summed E-state index contributed by atoms with van der Waals surface area (Å²) in [4.78, 5) is 23.2. The molecule has 0 aliphatic carbocycles. The number of pyridine rings is 1. The monoisotopic (exact) mass is 343 g/mol. The second kappa shape index (κ2) is 6.34. The van der Waals surface area contributed by atoms with E-state index in [1.165, 1.54) is 10.7 Å². The zero-order chi connectivity index (χ0) is 17.3. The van der Waals surface area contributed by atoms with Crippen molar-refractivity contribution in [3.05, 3.63) is 39.7 Å². The molecule has 0 radical (unpaired) electrons. The van der Waals surface area contributed by atoms with Gasteiger partial charge in [0.2, 0.25) is 0 Å². The smallest absolute Gasteiger partial charge is 0.352 e. The van der Waals surface area contributed by atoms with Crippen molar-refractivity contribution in [3.63, 3.8) is 0 Å². The number of ether oxygens (including phenoxy) is 1. The summed E-state index contributed by atoms with van der Waals surface area (Å²) in [6.45, 7) is 3.96. The van der Waals surface area contributed by atoms with Crippen LogP contribution in [0.25, 0.3) is 16.8 Å². The molecule has 0 spiro atoms. The first kappa shape index (κ1) is 16.0. The van der Waals surface area contributed by atoms with Gasteiger partial charge in [-0.1, -0.05) is 31.4 Å². The van der Waals surface area contributed by atoms with E-state index < -0.39 is 5.69 Å². The van der Waals surface area contributed by atoms with E-state index in [1.54, 1.807) is 12.3 Å². The fourth-order valence-electron chi connectivity index (χ4n) is 2.35. The minimum atomic E-state index is -0.463. The molecule has 0 aromatic carbocycles. The van der Waals surface area contributed by atoms with Gasteiger partial charge in [-0.05, 0) is 12.0 Å². The van der Waals surface area contributed by atoms with E-state index in [0.29, 0.717) is 21.9 Å². The van der Waals surface area contributed by atoms with Crippen LogP contribution >= 0.6 is 11.6 Å². The molecule has 0 aliphatic rings. The minimum absolute atomic E-state index is 0.00164. The summed E-state index contributed by atoms with van der Waals surface area (Å²) in [5.41, 5.74) is 2.03. The Bertz CT molecular complexity index is 1000. The van der Waals surface area contributed by atoms with Crippen LogP contribution in [0.3, 0.4) is 0 Å². The molecule has 0 saturated heterocycles. The molecular weight excluding hydrogens is 330 g/mol. The van der Waals surface area contributed by atoms with Crippen LogP contribution in [0.1, 0.15) is 25.5 Å². The minimum Gasteiger partial charge on any atom is -0.451 e. The quantitative estimate of drug-likeness (QED) is 0.734. The van der Waals surface area contributed by atoms with E-state index in [9.17, 15) is 4.79 Å². The normalized spacial score (nSPS) is 11.0. The lowest BCUT2D eigenvalue weighted by atomic mass is 10.0. The molecule has 0 saturated carbocycles. The van der Waals surface area contributed by atoms with Gasteiger partial charge in [-0.2, -0.15) is 14.6 Å². The lowest BCUT2D eigenvalue weighted by Gasteiger charge is -2.06. The lowest BCUT2D eigenvalue weighted by molar-refractivity contribution is 0.337. The van der Waals surface area contributed by atoms with E-state index in [0.717, 1.165) is 5.56 Å². The maximum absolute atomic E-state index is 12.3. The van der Waals surface area contributed by atoms with Crippen LogP contribution in [0.15, 0.2) is 23.3 Å². The second-order valence-electron chi connectivity index (χ2n) is 5.38. The molecule has 0 unspecified atom stereocenters. The third-order valence-electron chi connectivity index (χ3n) is 3.33. The molecule has 1 N–H and O–H groups in total. The predicted molar refractivity (Wildman–Crippen MR) is 90.3 cm³/mol. The Kier molecular flexibility index (Phi) is 4.23. The van der Waals surface area contributed by atoms with E-state index in [4.69, 9.17) is 22.8 Å². The standard InChI is InChI=1S/C16H14ClN5O2/c1-4-5-24-15-19-14-12(10-6-11(17)8-18-7-10)13(9(2)3)21-22(14)16(23)20-15/h1,6-9H,5H2,2-3H3,(H,19,20,23). The number of terminal acetylenes is 1. The van der Waals surface area contributed by atoms with Crippen LogP contribution in [0.5, 0.6) is 6.01 Å². The fourth-order valence-corrected chi connectivity index (χ4v) is 2.52. The average molecular weight is 344 g/mol. The Morgan fingerprint density at radius 3 is 2.92 bits per heavy atom. The molecule has 0 bridgehead atoms. The number of rotatable bonds is 4. The third-order valence-corrected chi connectivity index (χ3v) is 3.54. The fraction of sp³-hybridized carbons (Fsp3) is 0.250. The van der Waals surface area contributed by atoms with Gasteiger partial charge in [0.05, 0.1) is 16.3 Å². The van der Waals surface area contributed by atoms with Crippen LogP contribution < -0.4 is 10.4 Å². The second-order valence-corrected chi connectivity index (χ2v) is 5.82. The van der Waals surface area contributed by atoms with E-state index in [2.05, 4.69) is 26.0 Å². The number of hydrogen-bond donors (Lipinski definition) is 1. The topological polar surface area (TPSA) is 85.2 Å². The zero-order valence-corrected chi connectivity index (χ0v) is 13.8. The Balaban J connectivity index is 2.32. The Labute approximate surface area is 142 Å². The maximum Gasteiger partial charge on any atom is 0.352 e. The van der Waals surface area contributed by atoms with Gasteiger partial charge < -0.3 is 4.74 Å². The van der Waals surface area contributed by atoms with Crippen molar-refractivity contribution in [2.75, 3.05) is 6.61 Å². The molecule has 0 fully saturated rings. The lowest BCUT2D eigenvalue weighted by Crippen LogP contribution is -2.20. The van der Waals surface area contributed by atoms with Crippen molar-refractivity contribution in [1.82, 2.24) is 24.6 Å². The molecule has 7 nitrogen and oxygen atoms in total. The van der Waals surface area contributed by atoms with Crippen LogP contribution in [0, 0.1) is 12.3 Å². The van der Waals surface area contributed by atoms with Crippen molar-refractivity contribution in [3.8, 4) is 29.5 Å². The van der Waals surface area contributed by atoms with Gasteiger partial charge in [0, 0.05) is 18.0 Å². The van der Waals surface area contributed by atoms with E-state index in [-0.39, 0.29) is 18.5 Å². The Hall–Kier alpha value is -2.85. The number of H-pyrrole nitrogens is 1. The van der Waals surface area contributed by atoms with Gasteiger partial charge in [0.25, 0.3) is 0 Å². The molecule has 8 heteroatoms. The first-order chi connectivity index (χ1) is 11.5. The van der Waals surface area contributed by atoms with Gasteiger partial charge in [-0.25, -0.2) is 4.79 Å². The van der Waals surface area contributed by atoms with E-state index >= 15 is 0 Å². The number of nitrogens with one attached hydrogen (secondary N) is 1. The molecule has 3 aromatic heterocycles. The number of aromatic amines is 1. The summed E-state index contributed by atoms with van der Waals surface area (Å²) in [5, 5.41) is 4.86. The highest BCUT2D eigenvalue weighted by Gasteiger charge is 2.21. The summed E-state index contributed by atoms with van der Waals surface area (Å²) >= 11 is 6.05. The SMILES string of the molecule is C#CCOc1nc2c(-c3cncc(Cl)c3)c(C(C)C)nn2c(=O)[nH]1. The van der Waals surface area contributed by atoms with Crippen LogP contribution in [-0.2, 0) is 0 Å². The predicted octanol–water partition coefficient (Wildman–Crippen LogP) is 2.27. The molecule has 122 valence electrons. The highest BCUT2D eigenvalue weighted by atomic mass is 35.5. The summed E-state index contributed by atoms with van der Waals surface area (Å²) in [6, 6.07) is 1.79. The van der Waals surface area contributed by atoms with Crippen molar-refractivity contribution in [1.29, 1.82) is 0 Å². The molecule has 0 amide bonds. The molecular formula is C16H14ClN5O2. The van der Waals surface area contributed by atoms with Crippen LogP contribution in [0.2, 0.25) is 5.02 Å². The first-order valence-corrected chi connectivity index (χ1v) is 7.59. The number of fused-ring (bicyclic) bond motifs is 1. The van der Waals surface area contributed by atoms with Crippen molar-refractivity contribution >= 4 is 17.2 Å². The highest BCUT2D eigenvalue weighted by molar-refractivity contribution is 6.30. The van der Waals surface area contributed by atoms with Crippen LogP contribution in [-0.4, -0.2) is 31.2 Å². The van der Waals surface area contributed by atoms with Crippen molar-refractivity contribution in [2.24, 2.45) is 0 Å². The van der Waals surface area contributed by atoms with Gasteiger partial charge in [0.15, 0.2) is 12.3 Å². The van der Waals surface area contributed by atoms with Crippen molar-refractivity contribution < 1.29 is 4.74 Å². The summed E-state index contributed by atoms with van der Waals surface area (Å²) < 4.78 is 6.45. The molecule has 3 heterocycles. The zero-order valence-electron chi connectivity index (χ0n) is 13.1. The number of halogens is 1. The largest absolute Gasteiger partial charge is 0.451 e. The van der Waals surface area contributed by atoms with Gasteiger partial charge >= 0.3 is 11.7 Å². The number of nitrogens with zero attached hydrogens (tertiary/aromatic N) is 4. The van der Waals surface area contributed by atoms with Gasteiger partial charge in [0.1, 0.15) is 0 Å². The number of aromatic nitrogens is 5. The van der Waals surface area contributed by atoms with Crippen molar-refractivity contribution in [2.45, 2.75) is 19.8 Å². The van der Waals surface area contributed by atoms with E-state index in [1.807, 2.05) is 13.8 Å². The molecule has 0 aliphatic heterocycles. The number of hydrogen-bond acceptors (Lipinski definition) is 5. The summed E-state index contributed by atoms with van der Waals surface area (Å²) in [6.07, 6.45) is 8.36. The van der Waals surface area contributed by atoms with Gasteiger partial charge in [-0.15, -0.1) is 6.42 Å². The maximum atomic E-state index is 12.3. The van der Waals surface area contributed by atoms with Gasteiger partial charge in [-0.3, -0.25) is 9.97 Å². The first-order valence-electron chi connectivity index (χ1n) is 7.21. The summed E-state index contributed by atoms with van der Waals surface area (Å²) in [7, 11) is 0. The molecule has 3 rings (SSSR count). The van der Waals surface area contributed by atoms with Crippen LogP contribution in [0.4, 0.5) is 0 Å². The average Bonchev–Trinajstić information content (AvgIpc) is 2.93. The Morgan fingerprint density at radius 2 is 2.25 bits per heavy atom. The molecule has 0 atom stereocenters. The summed E-state index contributed by atoms with van der Waals surface area (Å²) in [5.74, 6) is 2.39. The third kappa shape index (κ3) is 2.84. The Morgan fingerprint density at radius 1 is 1.46 bits per heavy atom. The molecule has 24 heavy (non-hydrogen) atoms. The highest BCUT2D eigenvalue weighted by Crippen LogP contribution is 2.32. The molecule has 3 aromatic rings.